The minimum absolute atomic E-state index is 0.139. The average molecular weight is 248 g/mol. The molecule has 0 aromatic carbocycles. The van der Waals surface area contributed by atoms with Crippen LogP contribution in [0.4, 0.5) is 0 Å². The van der Waals surface area contributed by atoms with Crippen LogP contribution in [0.1, 0.15) is 57.6 Å². The Balaban J connectivity index is 2.57. The second kappa shape index (κ2) is 4.45. The van der Waals surface area contributed by atoms with Crippen LogP contribution in [-0.2, 0) is 6.42 Å². The second-order valence-electron chi connectivity index (χ2n) is 5.29. The monoisotopic (exact) mass is 248 g/mol. The van der Waals surface area contributed by atoms with Crippen LogP contribution < -0.4 is 0 Å². The van der Waals surface area contributed by atoms with Crippen molar-refractivity contribution < 1.29 is 0 Å². The molecule has 0 spiro atoms. The predicted molar refractivity (Wildman–Crippen MR) is 74.5 cm³/mol. The Morgan fingerprint density at radius 2 is 2.00 bits per heavy atom. The number of rotatable bonds is 2. The van der Waals surface area contributed by atoms with Crippen LogP contribution in [0.25, 0.3) is 6.08 Å². The zero-order chi connectivity index (χ0) is 12.6. The molecule has 2 nitrogen and oxygen atoms in total. The molecule has 0 unspecified atom stereocenters. The van der Waals surface area contributed by atoms with Crippen LogP contribution in [0.2, 0.25) is 0 Å². The lowest BCUT2D eigenvalue weighted by molar-refractivity contribution is 0.754. The lowest BCUT2D eigenvalue weighted by Crippen LogP contribution is -2.17. The number of hydrogen-bond donors (Lipinski definition) is 0. The Bertz CT molecular complexity index is 462. The molecule has 0 atom stereocenters. The number of aromatic nitrogens is 2. The molecule has 0 saturated carbocycles. The summed E-state index contributed by atoms with van der Waals surface area (Å²) >= 11 is 1.84. The lowest BCUT2D eigenvalue weighted by Gasteiger charge is -2.26. The average Bonchev–Trinajstić information content (AvgIpc) is 2.25. The first-order valence-electron chi connectivity index (χ1n) is 6.22. The maximum atomic E-state index is 4.68. The highest BCUT2D eigenvalue weighted by molar-refractivity contribution is 8.00. The van der Waals surface area contributed by atoms with E-state index in [4.69, 9.17) is 0 Å². The number of hydrogen-bond acceptors (Lipinski definition) is 3. The fourth-order valence-electron chi connectivity index (χ4n) is 1.91. The molecule has 1 aromatic heterocycles. The van der Waals surface area contributed by atoms with Gasteiger partial charge in [-0.05, 0) is 19.8 Å². The summed E-state index contributed by atoms with van der Waals surface area (Å²) < 4.78 is 0.139. The van der Waals surface area contributed by atoms with Crippen molar-refractivity contribution in [1.82, 2.24) is 9.97 Å². The molecule has 3 heteroatoms. The highest BCUT2D eigenvalue weighted by atomic mass is 32.2. The van der Waals surface area contributed by atoms with Gasteiger partial charge in [0.15, 0.2) is 0 Å². The third kappa shape index (κ3) is 2.54. The molecule has 1 aliphatic rings. The topological polar surface area (TPSA) is 25.8 Å². The van der Waals surface area contributed by atoms with E-state index in [1.807, 2.05) is 11.8 Å². The Labute approximate surface area is 108 Å². The van der Waals surface area contributed by atoms with Gasteiger partial charge in [-0.1, -0.05) is 44.7 Å². The molecule has 0 radical (unpaired) electrons. The summed E-state index contributed by atoms with van der Waals surface area (Å²) in [5.74, 6) is 1.41. The summed E-state index contributed by atoms with van der Waals surface area (Å²) in [5.41, 5.74) is 2.41. The van der Waals surface area contributed by atoms with E-state index >= 15 is 0 Å². The largest absolute Gasteiger partial charge is 0.237 e. The van der Waals surface area contributed by atoms with Crippen LogP contribution >= 0.6 is 11.8 Å². The number of nitrogens with zero attached hydrogens (tertiary/aromatic N) is 2. The van der Waals surface area contributed by atoms with Gasteiger partial charge in [0.05, 0.1) is 5.69 Å². The molecule has 0 aliphatic carbocycles. The first-order valence-corrected chi connectivity index (χ1v) is 7.03. The van der Waals surface area contributed by atoms with Gasteiger partial charge in [0.25, 0.3) is 0 Å². The number of thioether (sulfide) groups is 1. The van der Waals surface area contributed by atoms with Crippen molar-refractivity contribution in [3.05, 3.63) is 23.2 Å². The van der Waals surface area contributed by atoms with Gasteiger partial charge in [0, 0.05) is 16.7 Å². The van der Waals surface area contributed by atoms with E-state index in [-0.39, 0.29) is 4.75 Å². The van der Waals surface area contributed by atoms with Crippen molar-refractivity contribution in [3.63, 3.8) is 0 Å². The molecule has 2 rings (SSSR count). The minimum Gasteiger partial charge on any atom is -0.237 e. The van der Waals surface area contributed by atoms with Crippen LogP contribution in [0.5, 0.6) is 0 Å². The highest BCUT2D eigenvalue weighted by Crippen LogP contribution is 2.41. The third-order valence-electron chi connectivity index (χ3n) is 2.86. The van der Waals surface area contributed by atoms with E-state index in [1.54, 1.807) is 0 Å². The standard InChI is InChI=1S/C14H20N2S/c1-6-11-15-12(9(2)3)10-7-8-14(4,5)17-13(10)16-11/h7-9H,6H2,1-5H3. The molecule has 0 amide bonds. The summed E-state index contributed by atoms with van der Waals surface area (Å²) in [5, 5.41) is 1.15. The zero-order valence-corrected chi connectivity index (χ0v) is 12.1. The van der Waals surface area contributed by atoms with Gasteiger partial charge in [0.2, 0.25) is 0 Å². The van der Waals surface area contributed by atoms with Crippen molar-refractivity contribution >= 4 is 17.8 Å². The molecule has 92 valence electrons. The van der Waals surface area contributed by atoms with Crippen molar-refractivity contribution in [2.45, 2.75) is 56.7 Å². The van der Waals surface area contributed by atoms with Gasteiger partial charge < -0.3 is 0 Å². The molecule has 0 bridgehead atoms. The van der Waals surface area contributed by atoms with Gasteiger partial charge in [-0.2, -0.15) is 0 Å². The van der Waals surface area contributed by atoms with Crippen molar-refractivity contribution in [3.8, 4) is 0 Å². The van der Waals surface area contributed by atoms with Gasteiger partial charge in [0.1, 0.15) is 10.9 Å². The summed E-state index contributed by atoms with van der Waals surface area (Å²) in [4.78, 5) is 9.35. The van der Waals surface area contributed by atoms with Crippen LogP contribution in [0.15, 0.2) is 11.1 Å². The van der Waals surface area contributed by atoms with E-state index in [1.165, 1.54) is 11.3 Å². The third-order valence-corrected chi connectivity index (χ3v) is 4.03. The zero-order valence-electron chi connectivity index (χ0n) is 11.2. The molecule has 2 heterocycles. The SMILES string of the molecule is CCc1nc2c(c(C(C)C)n1)C=CC(C)(C)S2. The Morgan fingerprint density at radius 3 is 2.59 bits per heavy atom. The molecule has 0 N–H and O–H groups in total. The van der Waals surface area contributed by atoms with Crippen molar-refractivity contribution in [1.29, 1.82) is 0 Å². The number of aryl methyl sites for hydroxylation is 1. The Morgan fingerprint density at radius 1 is 1.29 bits per heavy atom. The van der Waals surface area contributed by atoms with Crippen LogP contribution in [0, 0.1) is 0 Å². The minimum atomic E-state index is 0.139. The van der Waals surface area contributed by atoms with E-state index < -0.39 is 0 Å². The number of fused-ring (bicyclic) bond motifs is 1. The molecular weight excluding hydrogens is 228 g/mol. The summed E-state index contributed by atoms with van der Waals surface area (Å²) in [6.45, 7) is 10.9. The summed E-state index contributed by atoms with van der Waals surface area (Å²) in [6, 6.07) is 0. The van der Waals surface area contributed by atoms with Gasteiger partial charge in [-0.25, -0.2) is 9.97 Å². The maximum Gasteiger partial charge on any atom is 0.129 e. The second-order valence-corrected chi connectivity index (χ2v) is 6.93. The normalized spacial score (nSPS) is 17.3. The highest BCUT2D eigenvalue weighted by Gasteiger charge is 2.25. The van der Waals surface area contributed by atoms with Crippen LogP contribution in [0.3, 0.4) is 0 Å². The first kappa shape index (κ1) is 12.6. The molecule has 1 aromatic rings. The van der Waals surface area contributed by atoms with E-state index in [9.17, 15) is 0 Å². The van der Waals surface area contributed by atoms with Crippen LogP contribution in [-0.4, -0.2) is 14.7 Å². The van der Waals surface area contributed by atoms with Gasteiger partial charge in [-0.3, -0.25) is 0 Å². The van der Waals surface area contributed by atoms with Crippen molar-refractivity contribution in [2.75, 3.05) is 0 Å². The Kier molecular flexibility index (Phi) is 3.30. The smallest absolute Gasteiger partial charge is 0.129 e. The first-order chi connectivity index (χ1) is 7.93. The summed E-state index contributed by atoms with van der Waals surface area (Å²) in [6.07, 6.45) is 5.35. The molecule has 1 aliphatic heterocycles. The van der Waals surface area contributed by atoms with Gasteiger partial charge in [-0.15, -0.1) is 0 Å². The quantitative estimate of drug-likeness (QED) is 0.738. The molecular formula is C14H20N2S. The van der Waals surface area contributed by atoms with Gasteiger partial charge >= 0.3 is 0 Å². The van der Waals surface area contributed by atoms with E-state index in [0.29, 0.717) is 5.92 Å². The fourth-order valence-corrected chi connectivity index (χ4v) is 2.98. The molecule has 0 fully saturated rings. The van der Waals surface area contributed by atoms with E-state index in [2.05, 4.69) is 56.7 Å². The van der Waals surface area contributed by atoms with Crippen molar-refractivity contribution in [2.24, 2.45) is 0 Å². The molecule has 0 saturated heterocycles. The summed E-state index contributed by atoms with van der Waals surface area (Å²) in [7, 11) is 0. The fraction of sp³-hybridized carbons (Fsp3) is 0.571. The maximum absolute atomic E-state index is 4.68. The molecule has 17 heavy (non-hydrogen) atoms. The lowest BCUT2D eigenvalue weighted by atomic mass is 10.0. The Hall–Kier alpha value is -0.830. The van der Waals surface area contributed by atoms with E-state index in [0.717, 1.165) is 17.3 Å². The predicted octanol–water partition coefficient (Wildman–Crippen LogP) is 4.06.